The summed E-state index contributed by atoms with van der Waals surface area (Å²) in [5, 5.41) is 20.6. The van der Waals surface area contributed by atoms with Crippen molar-refractivity contribution in [2.75, 3.05) is 44.9 Å². The van der Waals surface area contributed by atoms with Gasteiger partial charge in [0, 0.05) is 25.6 Å². The predicted octanol–water partition coefficient (Wildman–Crippen LogP) is 1.52. The molecule has 11 nitrogen and oxygen atoms in total. The molecule has 172 valence electrons. The minimum atomic E-state index is -0.920. The van der Waals surface area contributed by atoms with Gasteiger partial charge >= 0.3 is 5.97 Å². The van der Waals surface area contributed by atoms with Crippen molar-refractivity contribution >= 4 is 36.0 Å². The molecule has 1 saturated heterocycles. The quantitative estimate of drug-likeness (QED) is 0.218. The maximum absolute atomic E-state index is 11.8. The summed E-state index contributed by atoms with van der Waals surface area (Å²) in [4.78, 5) is 39.0. The molecule has 0 bridgehead atoms. The van der Waals surface area contributed by atoms with Crippen LogP contribution in [0, 0.1) is 10.1 Å². The zero-order valence-electron chi connectivity index (χ0n) is 17.0. The Morgan fingerprint density at radius 2 is 2.23 bits per heavy atom. The van der Waals surface area contributed by atoms with Crippen molar-refractivity contribution in [2.24, 2.45) is 0 Å². The standard InChI is InChI=1S/C19H25N3O8.ClH/c1-28-17-12-14(3-6-18(23)20-8-10-30-22(26)27)2-5-16(17)21-9-11-29-13-15(21)4-7-19(24)25;/h2-3,5-6,12,15H,4,7-11,13H2,1H3,(H,20,23)(H,24,25);1H. The van der Waals surface area contributed by atoms with E-state index in [1.54, 1.807) is 19.3 Å². The summed E-state index contributed by atoms with van der Waals surface area (Å²) in [6, 6.07) is 5.39. The smallest absolute Gasteiger partial charge is 0.303 e. The summed E-state index contributed by atoms with van der Waals surface area (Å²) in [6.45, 7) is 1.39. The highest BCUT2D eigenvalue weighted by Gasteiger charge is 2.26. The maximum Gasteiger partial charge on any atom is 0.303 e. The summed E-state index contributed by atoms with van der Waals surface area (Å²) < 4.78 is 11.0. The van der Waals surface area contributed by atoms with Crippen LogP contribution in [0.3, 0.4) is 0 Å². The molecule has 12 heteroatoms. The summed E-state index contributed by atoms with van der Waals surface area (Å²) in [5.41, 5.74) is 1.55. The second kappa shape index (κ2) is 13.3. The highest BCUT2D eigenvalue weighted by molar-refractivity contribution is 5.91. The zero-order chi connectivity index (χ0) is 21.9. The molecule has 0 aromatic heterocycles. The van der Waals surface area contributed by atoms with Crippen LogP contribution in [0.1, 0.15) is 18.4 Å². The first-order valence-electron chi connectivity index (χ1n) is 9.38. The number of morpholine rings is 1. The number of nitrogens with zero attached hydrogens (tertiary/aromatic N) is 2. The van der Waals surface area contributed by atoms with E-state index in [-0.39, 0.29) is 38.0 Å². The van der Waals surface area contributed by atoms with Crippen molar-refractivity contribution in [3.8, 4) is 5.75 Å². The molecule has 31 heavy (non-hydrogen) atoms. The predicted molar refractivity (Wildman–Crippen MR) is 114 cm³/mol. The number of hydrogen-bond donors (Lipinski definition) is 2. The lowest BCUT2D eigenvalue weighted by Gasteiger charge is -2.38. The van der Waals surface area contributed by atoms with Crippen molar-refractivity contribution in [3.05, 3.63) is 40.0 Å². The lowest BCUT2D eigenvalue weighted by Crippen LogP contribution is -2.46. The van der Waals surface area contributed by atoms with E-state index in [0.29, 0.717) is 31.9 Å². The van der Waals surface area contributed by atoms with E-state index in [1.165, 1.54) is 6.08 Å². The molecule has 1 aliphatic rings. The number of rotatable bonds is 11. The van der Waals surface area contributed by atoms with Gasteiger partial charge in [-0.15, -0.1) is 22.5 Å². The molecule has 0 spiro atoms. The van der Waals surface area contributed by atoms with Gasteiger partial charge in [0.15, 0.2) is 0 Å². The van der Waals surface area contributed by atoms with Crippen LogP contribution in [0.4, 0.5) is 5.69 Å². The van der Waals surface area contributed by atoms with E-state index < -0.39 is 17.0 Å². The van der Waals surface area contributed by atoms with Crippen LogP contribution >= 0.6 is 12.4 Å². The zero-order valence-corrected chi connectivity index (χ0v) is 17.8. The van der Waals surface area contributed by atoms with E-state index in [4.69, 9.17) is 14.6 Å². The molecular formula is C19H26ClN3O8. The molecule has 0 radical (unpaired) electrons. The fourth-order valence-electron chi connectivity index (χ4n) is 3.06. The molecule has 2 N–H and O–H groups in total. The van der Waals surface area contributed by atoms with Gasteiger partial charge in [-0.1, -0.05) is 6.07 Å². The second-order valence-electron chi connectivity index (χ2n) is 6.47. The van der Waals surface area contributed by atoms with Gasteiger partial charge in [-0.2, -0.15) is 0 Å². The first-order chi connectivity index (χ1) is 14.4. The molecule has 0 aliphatic carbocycles. The van der Waals surface area contributed by atoms with Crippen molar-refractivity contribution in [1.29, 1.82) is 0 Å². The van der Waals surface area contributed by atoms with Crippen LogP contribution in [0.5, 0.6) is 5.75 Å². The molecule has 0 saturated carbocycles. The van der Waals surface area contributed by atoms with Crippen molar-refractivity contribution in [1.82, 2.24) is 5.32 Å². The van der Waals surface area contributed by atoms with Gasteiger partial charge in [0.05, 0.1) is 32.1 Å². The number of ether oxygens (including phenoxy) is 2. The van der Waals surface area contributed by atoms with E-state index >= 15 is 0 Å². The van der Waals surface area contributed by atoms with Crippen LogP contribution < -0.4 is 15.0 Å². The van der Waals surface area contributed by atoms with E-state index in [1.807, 2.05) is 12.1 Å². The Hall–Kier alpha value is -3.05. The number of methoxy groups -OCH3 is 1. The number of carbonyl (C=O) groups excluding carboxylic acids is 1. The summed E-state index contributed by atoms with van der Waals surface area (Å²) in [5.74, 6) is -0.665. The number of aliphatic carboxylic acids is 1. The average Bonchev–Trinajstić information content (AvgIpc) is 2.73. The summed E-state index contributed by atoms with van der Waals surface area (Å²) in [6.07, 6.45) is 3.41. The molecule has 1 fully saturated rings. The van der Waals surface area contributed by atoms with Crippen LogP contribution in [0.15, 0.2) is 24.3 Å². The third-order valence-electron chi connectivity index (χ3n) is 4.46. The van der Waals surface area contributed by atoms with Gasteiger partial charge in [-0.3, -0.25) is 9.59 Å². The number of carboxylic acid groups (broad SMARTS) is 1. The number of carbonyl (C=O) groups is 2. The number of nitrogens with one attached hydrogen (secondary N) is 1. The number of amides is 1. The maximum atomic E-state index is 11.8. The molecule has 1 unspecified atom stereocenters. The molecule has 1 aromatic rings. The Morgan fingerprint density at radius 1 is 1.45 bits per heavy atom. The Labute approximate surface area is 185 Å². The SMILES string of the molecule is COc1cc(C=CC(=O)NCCO[N+](=O)[O-])ccc1N1CCOCC1CCC(=O)O.Cl. The fourth-order valence-corrected chi connectivity index (χ4v) is 3.06. The monoisotopic (exact) mass is 459 g/mol. The number of benzene rings is 1. The normalized spacial score (nSPS) is 15.8. The minimum absolute atomic E-state index is 0. The second-order valence-corrected chi connectivity index (χ2v) is 6.47. The van der Waals surface area contributed by atoms with Gasteiger partial charge in [-0.05, 0) is 30.2 Å². The minimum Gasteiger partial charge on any atom is -0.495 e. The number of halogens is 1. The summed E-state index contributed by atoms with van der Waals surface area (Å²) >= 11 is 0. The average molecular weight is 460 g/mol. The van der Waals surface area contributed by atoms with Crippen LogP contribution in [-0.4, -0.2) is 68.1 Å². The van der Waals surface area contributed by atoms with Crippen molar-refractivity contribution < 1.29 is 34.1 Å². The Balaban J connectivity index is 0.00000480. The topological polar surface area (TPSA) is 140 Å². The Morgan fingerprint density at radius 3 is 2.90 bits per heavy atom. The molecule has 1 aliphatic heterocycles. The van der Waals surface area contributed by atoms with Crippen LogP contribution in [0.25, 0.3) is 6.08 Å². The van der Waals surface area contributed by atoms with Crippen molar-refractivity contribution in [3.63, 3.8) is 0 Å². The third kappa shape index (κ3) is 8.69. The van der Waals surface area contributed by atoms with Gasteiger partial charge in [-0.25, -0.2) is 0 Å². The number of anilines is 1. The first-order valence-corrected chi connectivity index (χ1v) is 9.38. The molecule has 1 heterocycles. The lowest BCUT2D eigenvalue weighted by molar-refractivity contribution is -0.757. The van der Waals surface area contributed by atoms with Gasteiger partial charge < -0.3 is 29.6 Å². The Kier molecular flexibility index (Phi) is 11.1. The van der Waals surface area contributed by atoms with E-state index in [9.17, 15) is 19.7 Å². The highest BCUT2D eigenvalue weighted by atomic mass is 35.5. The molecule has 1 aromatic carbocycles. The number of hydrogen-bond acceptors (Lipinski definition) is 8. The third-order valence-corrected chi connectivity index (χ3v) is 4.46. The first kappa shape index (κ1) is 26.0. The van der Waals surface area contributed by atoms with Gasteiger partial charge in [0.2, 0.25) is 5.91 Å². The molecule has 1 amide bonds. The highest BCUT2D eigenvalue weighted by Crippen LogP contribution is 2.33. The van der Waals surface area contributed by atoms with Crippen molar-refractivity contribution in [2.45, 2.75) is 18.9 Å². The molecule has 1 atom stereocenters. The van der Waals surface area contributed by atoms with E-state index in [0.717, 1.165) is 11.3 Å². The van der Waals surface area contributed by atoms with Crippen LogP contribution in [-0.2, 0) is 19.2 Å². The summed E-state index contributed by atoms with van der Waals surface area (Å²) in [7, 11) is 1.54. The lowest BCUT2D eigenvalue weighted by atomic mass is 10.1. The molecule has 2 rings (SSSR count). The largest absolute Gasteiger partial charge is 0.495 e. The van der Waals surface area contributed by atoms with E-state index in [2.05, 4.69) is 15.1 Å². The van der Waals surface area contributed by atoms with Gasteiger partial charge in [0.1, 0.15) is 12.4 Å². The fraction of sp³-hybridized carbons (Fsp3) is 0.474. The van der Waals surface area contributed by atoms with Gasteiger partial charge in [0.25, 0.3) is 5.09 Å². The van der Waals surface area contributed by atoms with Crippen LogP contribution in [0.2, 0.25) is 0 Å². The number of carboxylic acids is 1. The Bertz CT molecular complexity index is 789. The molecular weight excluding hydrogens is 434 g/mol.